The van der Waals surface area contributed by atoms with Crippen molar-refractivity contribution < 1.29 is 14.3 Å². The van der Waals surface area contributed by atoms with E-state index in [9.17, 15) is 9.59 Å². The molecule has 0 aromatic carbocycles. The average molecular weight is 211 g/mol. The summed E-state index contributed by atoms with van der Waals surface area (Å²) in [6.45, 7) is 7.11. The van der Waals surface area contributed by atoms with Crippen LogP contribution in [0, 0.1) is 0 Å². The minimum Gasteiger partial charge on any atom is -0.444 e. The summed E-state index contributed by atoms with van der Waals surface area (Å²) in [4.78, 5) is 23.5. The standard InChI is InChI=1S/C10H18BNO3/c1-5-8(6-13)12(7-11)9(14)15-10(2,3)4/h6,8H,5,7H2,1-4H3. The first-order chi connectivity index (χ1) is 6.85. The van der Waals surface area contributed by atoms with Gasteiger partial charge in [0.05, 0.1) is 13.9 Å². The first-order valence-corrected chi connectivity index (χ1v) is 5.00. The van der Waals surface area contributed by atoms with E-state index in [4.69, 9.17) is 12.6 Å². The van der Waals surface area contributed by atoms with E-state index in [1.165, 1.54) is 4.90 Å². The van der Waals surface area contributed by atoms with E-state index >= 15 is 0 Å². The molecular formula is C10H18BNO3. The second-order valence-corrected chi connectivity index (χ2v) is 4.24. The van der Waals surface area contributed by atoms with Crippen molar-refractivity contribution in [3.63, 3.8) is 0 Å². The molecule has 4 nitrogen and oxygen atoms in total. The zero-order valence-electron chi connectivity index (χ0n) is 9.82. The van der Waals surface area contributed by atoms with Crippen LogP contribution >= 0.6 is 0 Å². The summed E-state index contributed by atoms with van der Waals surface area (Å²) in [6, 6.07) is -0.509. The van der Waals surface area contributed by atoms with Crippen LogP contribution in [-0.2, 0) is 9.53 Å². The van der Waals surface area contributed by atoms with Crippen LogP contribution in [0.25, 0.3) is 0 Å². The maximum Gasteiger partial charge on any atom is 0.410 e. The van der Waals surface area contributed by atoms with E-state index in [1.807, 2.05) is 6.92 Å². The number of hydrogen-bond donors (Lipinski definition) is 0. The van der Waals surface area contributed by atoms with E-state index in [-0.39, 0.29) is 6.44 Å². The molecule has 0 aliphatic heterocycles. The summed E-state index contributed by atoms with van der Waals surface area (Å²) in [6.07, 6.45) is 0.659. The quantitative estimate of drug-likeness (QED) is 0.520. The molecule has 0 aliphatic carbocycles. The molecule has 0 aromatic rings. The van der Waals surface area contributed by atoms with Crippen LogP contribution in [0.2, 0.25) is 0 Å². The molecule has 2 radical (unpaired) electrons. The number of rotatable bonds is 4. The van der Waals surface area contributed by atoms with Crippen molar-refractivity contribution in [3.8, 4) is 0 Å². The smallest absolute Gasteiger partial charge is 0.410 e. The highest BCUT2D eigenvalue weighted by molar-refractivity contribution is 6.10. The second-order valence-electron chi connectivity index (χ2n) is 4.24. The van der Waals surface area contributed by atoms with Crippen molar-refractivity contribution in [3.05, 3.63) is 0 Å². The Bertz CT molecular complexity index is 225. The Labute approximate surface area is 92.4 Å². The third kappa shape index (κ3) is 4.86. The van der Waals surface area contributed by atoms with Gasteiger partial charge in [-0.15, -0.1) is 0 Å². The van der Waals surface area contributed by atoms with Gasteiger partial charge in [0.25, 0.3) is 0 Å². The molecule has 0 aliphatic rings. The number of aldehydes is 1. The SMILES string of the molecule is [B]CN(C(=O)OC(C)(C)C)C(C=O)CC. The number of ether oxygens (including phenoxy) is 1. The maximum atomic E-state index is 11.6. The summed E-state index contributed by atoms with van der Waals surface area (Å²) in [5, 5.41) is 0. The third-order valence-corrected chi connectivity index (χ3v) is 1.80. The lowest BCUT2D eigenvalue weighted by Crippen LogP contribution is -2.44. The van der Waals surface area contributed by atoms with Gasteiger partial charge in [0.15, 0.2) is 0 Å². The summed E-state index contributed by atoms with van der Waals surface area (Å²) in [7, 11) is 5.41. The molecule has 5 heteroatoms. The molecule has 0 saturated heterocycles. The highest BCUT2D eigenvalue weighted by Crippen LogP contribution is 2.11. The lowest BCUT2D eigenvalue weighted by Gasteiger charge is -2.29. The molecule has 15 heavy (non-hydrogen) atoms. The Morgan fingerprint density at radius 2 is 2.07 bits per heavy atom. The van der Waals surface area contributed by atoms with Crippen LogP contribution in [0.1, 0.15) is 34.1 Å². The van der Waals surface area contributed by atoms with Gasteiger partial charge in [-0.2, -0.15) is 0 Å². The molecule has 0 spiro atoms. The molecule has 0 fully saturated rings. The fourth-order valence-corrected chi connectivity index (χ4v) is 1.06. The van der Waals surface area contributed by atoms with Gasteiger partial charge >= 0.3 is 6.09 Å². The van der Waals surface area contributed by atoms with Crippen molar-refractivity contribution in [2.45, 2.75) is 45.8 Å². The Morgan fingerprint density at radius 1 is 1.53 bits per heavy atom. The highest BCUT2D eigenvalue weighted by atomic mass is 16.6. The Hall–Kier alpha value is -0.995. The molecule has 84 valence electrons. The van der Waals surface area contributed by atoms with E-state index < -0.39 is 17.7 Å². The Morgan fingerprint density at radius 3 is 2.33 bits per heavy atom. The van der Waals surface area contributed by atoms with Crippen LogP contribution in [0.5, 0.6) is 0 Å². The molecule has 0 rings (SSSR count). The van der Waals surface area contributed by atoms with Gasteiger partial charge in [-0.05, 0) is 33.6 Å². The van der Waals surface area contributed by atoms with Gasteiger partial charge in [0, 0.05) is 0 Å². The normalized spacial score (nSPS) is 13.1. The second kappa shape index (κ2) is 5.78. The van der Waals surface area contributed by atoms with Crippen LogP contribution in [0.4, 0.5) is 4.79 Å². The summed E-state index contributed by atoms with van der Waals surface area (Å²) in [5.74, 6) is 0. The fourth-order valence-electron chi connectivity index (χ4n) is 1.06. The predicted octanol–water partition coefficient (Wildman–Crippen LogP) is 1.33. The van der Waals surface area contributed by atoms with Gasteiger partial charge in [-0.1, -0.05) is 6.92 Å². The number of nitrogens with zero attached hydrogens (tertiary/aromatic N) is 1. The van der Waals surface area contributed by atoms with Crippen molar-refractivity contribution in [2.75, 3.05) is 6.44 Å². The minimum absolute atomic E-state index is 0.0217. The van der Waals surface area contributed by atoms with E-state index in [0.717, 1.165) is 0 Å². The summed E-state index contributed by atoms with van der Waals surface area (Å²) < 4.78 is 5.12. The van der Waals surface area contributed by atoms with Crippen molar-refractivity contribution >= 4 is 20.2 Å². The van der Waals surface area contributed by atoms with Gasteiger partial charge in [0.1, 0.15) is 11.9 Å². The molecule has 1 unspecified atom stereocenters. The Balaban J connectivity index is 4.53. The zero-order chi connectivity index (χ0) is 12.1. The molecule has 0 aromatic heterocycles. The number of carbonyl (C=O) groups excluding carboxylic acids is 2. The molecule has 1 atom stereocenters. The van der Waals surface area contributed by atoms with Gasteiger partial charge in [0.2, 0.25) is 0 Å². The molecular weight excluding hydrogens is 193 g/mol. The third-order valence-electron chi connectivity index (χ3n) is 1.80. The first kappa shape index (κ1) is 14.0. The summed E-state index contributed by atoms with van der Waals surface area (Å²) in [5.41, 5.74) is -0.578. The number of amides is 1. The fraction of sp³-hybridized carbons (Fsp3) is 0.800. The van der Waals surface area contributed by atoms with Gasteiger partial charge < -0.3 is 14.4 Å². The predicted molar refractivity (Wildman–Crippen MR) is 58.8 cm³/mol. The largest absolute Gasteiger partial charge is 0.444 e. The molecule has 1 amide bonds. The summed E-state index contributed by atoms with van der Waals surface area (Å²) >= 11 is 0. The maximum absolute atomic E-state index is 11.6. The molecule has 0 saturated carbocycles. The van der Waals surface area contributed by atoms with E-state index in [1.54, 1.807) is 20.8 Å². The van der Waals surface area contributed by atoms with Gasteiger partial charge in [-0.3, -0.25) is 0 Å². The lowest BCUT2D eigenvalue weighted by atomic mass is 10.1. The number of carbonyl (C=O) groups is 2. The van der Waals surface area contributed by atoms with E-state index in [2.05, 4.69) is 0 Å². The van der Waals surface area contributed by atoms with Crippen LogP contribution < -0.4 is 0 Å². The van der Waals surface area contributed by atoms with Crippen LogP contribution in [0.15, 0.2) is 0 Å². The van der Waals surface area contributed by atoms with Crippen LogP contribution in [-0.4, -0.2) is 43.2 Å². The zero-order valence-corrected chi connectivity index (χ0v) is 9.82. The van der Waals surface area contributed by atoms with Gasteiger partial charge in [-0.25, -0.2) is 4.79 Å². The van der Waals surface area contributed by atoms with Crippen molar-refractivity contribution in [1.82, 2.24) is 4.90 Å². The average Bonchev–Trinajstić information content (AvgIpc) is 2.10. The topological polar surface area (TPSA) is 46.6 Å². The Kier molecular flexibility index (Phi) is 5.40. The van der Waals surface area contributed by atoms with Crippen molar-refractivity contribution in [1.29, 1.82) is 0 Å². The van der Waals surface area contributed by atoms with Crippen LogP contribution in [0.3, 0.4) is 0 Å². The van der Waals surface area contributed by atoms with E-state index in [0.29, 0.717) is 12.7 Å². The van der Waals surface area contributed by atoms with Crippen molar-refractivity contribution in [2.24, 2.45) is 0 Å². The molecule has 0 heterocycles. The monoisotopic (exact) mass is 211 g/mol. The lowest BCUT2D eigenvalue weighted by molar-refractivity contribution is -0.112. The minimum atomic E-state index is -0.578. The molecule has 0 bridgehead atoms. The number of hydrogen-bond acceptors (Lipinski definition) is 3. The molecule has 0 N–H and O–H groups in total. The highest BCUT2D eigenvalue weighted by Gasteiger charge is 2.25. The first-order valence-electron chi connectivity index (χ1n) is 5.00.